The van der Waals surface area contributed by atoms with Gasteiger partial charge in [-0.1, -0.05) is 12.1 Å². The summed E-state index contributed by atoms with van der Waals surface area (Å²) in [5.74, 6) is -1.19. The van der Waals surface area contributed by atoms with Gasteiger partial charge in [0.1, 0.15) is 0 Å². The smallest absolute Gasteiger partial charge is 0.339 e. The molecule has 6 heteroatoms. The Balaban J connectivity index is 1.93. The maximum Gasteiger partial charge on any atom is 0.339 e. The molecule has 1 aromatic carbocycles. The Morgan fingerprint density at radius 2 is 1.95 bits per heavy atom. The van der Waals surface area contributed by atoms with Crippen molar-refractivity contribution in [3.8, 4) is 0 Å². The fourth-order valence-corrected chi connectivity index (χ4v) is 2.31. The minimum atomic E-state index is -0.550. The molecule has 0 radical (unpaired) electrons. The summed E-state index contributed by atoms with van der Waals surface area (Å²) in [6.45, 7) is 1.02. The molecule has 0 fully saturated rings. The number of anilines is 1. The van der Waals surface area contributed by atoms with Crippen molar-refractivity contribution in [1.29, 1.82) is 0 Å². The minimum Gasteiger partial charge on any atom is -0.452 e. The lowest BCUT2D eigenvalue weighted by molar-refractivity contribution is -0.119. The number of rotatable bonds is 5. The maximum absolute atomic E-state index is 11.8. The maximum atomic E-state index is 11.8. The Morgan fingerprint density at radius 3 is 2.62 bits per heavy atom. The fourth-order valence-electron chi connectivity index (χ4n) is 1.68. The van der Waals surface area contributed by atoms with Gasteiger partial charge in [-0.25, -0.2) is 4.79 Å². The van der Waals surface area contributed by atoms with Crippen molar-refractivity contribution < 1.29 is 19.1 Å². The van der Waals surface area contributed by atoms with Crippen LogP contribution in [0.1, 0.15) is 27.6 Å². The normalized spacial score (nSPS) is 9.95. The average Bonchev–Trinajstić information content (AvgIpc) is 2.99. The molecular formula is C15H13NO4S. The van der Waals surface area contributed by atoms with E-state index in [-0.39, 0.29) is 5.78 Å². The number of ether oxygens (including phenoxy) is 1. The van der Waals surface area contributed by atoms with Crippen LogP contribution < -0.4 is 5.32 Å². The number of nitrogens with one attached hydrogen (secondary N) is 1. The van der Waals surface area contributed by atoms with Crippen LogP contribution in [0.2, 0.25) is 0 Å². The molecule has 0 unspecified atom stereocenters. The topological polar surface area (TPSA) is 72.5 Å². The number of amides is 1. The Labute approximate surface area is 125 Å². The highest BCUT2D eigenvalue weighted by Gasteiger charge is 2.13. The fraction of sp³-hybridized carbons (Fsp3) is 0.133. The summed E-state index contributed by atoms with van der Waals surface area (Å²) in [4.78, 5) is 34.8. The van der Waals surface area contributed by atoms with E-state index in [1.165, 1.54) is 18.3 Å². The second kappa shape index (κ2) is 6.81. The summed E-state index contributed by atoms with van der Waals surface area (Å²) in [6, 6.07) is 8.28. The van der Waals surface area contributed by atoms with Crippen molar-refractivity contribution in [1.82, 2.24) is 0 Å². The standard InChI is InChI=1S/C15H13NO4S/c1-10(17)12-4-2-3-5-13(12)16-14(18)8-20-15(19)11-6-7-21-9-11/h2-7,9H,8H2,1H3,(H,16,18). The van der Waals surface area contributed by atoms with E-state index in [0.717, 1.165) is 0 Å². The predicted molar refractivity (Wildman–Crippen MR) is 79.7 cm³/mol. The van der Waals surface area contributed by atoms with E-state index in [2.05, 4.69) is 5.32 Å². The van der Waals surface area contributed by atoms with Gasteiger partial charge in [-0.05, 0) is 30.5 Å². The number of hydrogen-bond donors (Lipinski definition) is 1. The van der Waals surface area contributed by atoms with Gasteiger partial charge >= 0.3 is 5.97 Å². The van der Waals surface area contributed by atoms with Crippen molar-refractivity contribution in [2.75, 3.05) is 11.9 Å². The summed E-state index contributed by atoms with van der Waals surface area (Å²) in [6.07, 6.45) is 0. The van der Waals surface area contributed by atoms with E-state index in [0.29, 0.717) is 16.8 Å². The third kappa shape index (κ3) is 4.00. The van der Waals surface area contributed by atoms with E-state index in [9.17, 15) is 14.4 Å². The van der Waals surface area contributed by atoms with Gasteiger partial charge in [-0.3, -0.25) is 9.59 Å². The lowest BCUT2D eigenvalue weighted by Crippen LogP contribution is -2.21. The number of carbonyl (C=O) groups excluding carboxylic acids is 3. The number of esters is 1. The molecule has 0 aliphatic rings. The van der Waals surface area contributed by atoms with Crippen molar-refractivity contribution in [2.45, 2.75) is 6.92 Å². The number of thiophene rings is 1. The first-order valence-corrected chi connectivity index (χ1v) is 7.11. The van der Waals surface area contributed by atoms with Crippen molar-refractivity contribution >= 4 is 34.7 Å². The summed E-state index contributed by atoms with van der Waals surface area (Å²) in [7, 11) is 0. The van der Waals surface area contributed by atoms with E-state index in [1.54, 1.807) is 41.1 Å². The molecule has 21 heavy (non-hydrogen) atoms. The quantitative estimate of drug-likeness (QED) is 0.681. The van der Waals surface area contributed by atoms with Crippen LogP contribution in [0.3, 0.4) is 0 Å². The van der Waals surface area contributed by atoms with Gasteiger partial charge in [0.2, 0.25) is 0 Å². The van der Waals surface area contributed by atoms with E-state index < -0.39 is 18.5 Å². The number of carbonyl (C=O) groups is 3. The van der Waals surface area contributed by atoms with E-state index >= 15 is 0 Å². The molecule has 1 aromatic heterocycles. The number of para-hydroxylation sites is 1. The lowest BCUT2D eigenvalue weighted by Gasteiger charge is -2.09. The van der Waals surface area contributed by atoms with Gasteiger partial charge in [0.15, 0.2) is 12.4 Å². The zero-order valence-corrected chi connectivity index (χ0v) is 12.1. The first-order chi connectivity index (χ1) is 10.1. The average molecular weight is 303 g/mol. The van der Waals surface area contributed by atoms with Gasteiger partial charge in [-0.15, -0.1) is 0 Å². The molecule has 0 atom stereocenters. The second-order valence-corrected chi connectivity index (χ2v) is 5.02. The summed E-state index contributed by atoms with van der Waals surface area (Å²) < 4.78 is 4.89. The van der Waals surface area contributed by atoms with Crippen molar-refractivity contribution in [3.05, 3.63) is 52.2 Å². The molecular weight excluding hydrogens is 290 g/mol. The largest absolute Gasteiger partial charge is 0.452 e. The van der Waals surface area contributed by atoms with Crippen LogP contribution in [-0.4, -0.2) is 24.3 Å². The Hall–Kier alpha value is -2.47. The molecule has 0 saturated carbocycles. The minimum absolute atomic E-state index is 0.152. The number of benzene rings is 1. The van der Waals surface area contributed by atoms with E-state index in [4.69, 9.17) is 4.74 Å². The van der Waals surface area contributed by atoms with Crippen molar-refractivity contribution in [2.24, 2.45) is 0 Å². The van der Waals surface area contributed by atoms with Crippen LogP contribution in [-0.2, 0) is 9.53 Å². The SMILES string of the molecule is CC(=O)c1ccccc1NC(=O)COC(=O)c1ccsc1. The Kier molecular flexibility index (Phi) is 4.84. The van der Waals surface area contributed by atoms with Gasteiger partial charge in [0.25, 0.3) is 5.91 Å². The Morgan fingerprint density at radius 1 is 1.19 bits per heavy atom. The summed E-state index contributed by atoms with van der Waals surface area (Å²) in [5.41, 5.74) is 1.23. The van der Waals surface area contributed by atoms with Crippen LogP contribution in [0.5, 0.6) is 0 Å². The molecule has 2 rings (SSSR count). The molecule has 1 heterocycles. The highest BCUT2D eigenvalue weighted by atomic mass is 32.1. The molecule has 0 bridgehead atoms. The Bertz CT molecular complexity index is 664. The molecule has 1 N–H and O–H groups in total. The highest BCUT2D eigenvalue weighted by molar-refractivity contribution is 7.08. The van der Waals surface area contributed by atoms with Crippen LogP contribution in [0.25, 0.3) is 0 Å². The van der Waals surface area contributed by atoms with Crippen LogP contribution in [0.15, 0.2) is 41.1 Å². The first kappa shape index (κ1) is 14.9. The monoisotopic (exact) mass is 303 g/mol. The third-order valence-corrected chi connectivity index (χ3v) is 3.35. The van der Waals surface area contributed by atoms with Gasteiger partial charge in [0.05, 0.1) is 11.3 Å². The van der Waals surface area contributed by atoms with Gasteiger partial charge < -0.3 is 10.1 Å². The zero-order chi connectivity index (χ0) is 15.2. The molecule has 0 spiro atoms. The lowest BCUT2D eigenvalue weighted by atomic mass is 10.1. The predicted octanol–water partition coefficient (Wildman–Crippen LogP) is 2.75. The molecule has 1 amide bonds. The molecule has 0 aliphatic heterocycles. The van der Waals surface area contributed by atoms with Gasteiger partial charge in [-0.2, -0.15) is 11.3 Å². The van der Waals surface area contributed by atoms with E-state index in [1.807, 2.05) is 0 Å². The zero-order valence-electron chi connectivity index (χ0n) is 11.3. The van der Waals surface area contributed by atoms with Crippen LogP contribution in [0, 0.1) is 0 Å². The second-order valence-electron chi connectivity index (χ2n) is 4.24. The summed E-state index contributed by atoms with van der Waals surface area (Å²) >= 11 is 1.37. The third-order valence-electron chi connectivity index (χ3n) is 2.67. The van der Waals surface area contributed by atoms with Crippen LogP contribution in [0.4, 0.5) is 5.69 Å². The molecule has 0 aliphatic carbocycles. The number of ketones is 1. The van der Waals surface area contributed by atoms with Crippen LogP contribution >= 0.6 is 11.3 Å². The van der Waals surface area contributed by atoms with Crippen molar-refractivity contribution in [3.63, 3.8) is 0 Å². The first-order valence-electron chi connectivity index (χ1n) is 6.17. The highest BCUT2D eigenvalue weighted by Crippen LogP contribution is 2.15. The number of hydrogen-bond acceptors (Lipinski definition) is 5. The molecule has 108 valence electrons. The summed E-state index contributed by atoms with van der Waals surface area (Å²) in [5, 5.41) is 5.95. The number of Topliss-reactive ketones (excluding diaryl/α,β-unsaturated/α-hetero) is 1. The molecule has 5 nitrogen and oxygen atoms in total. The van der Waals surface area contributed by atoms with Gasteiger partial charge in [0, 0.05) is 10.9 Å². The molecule has 2 aromatic rings. The molecule has 0 saturated heterocycles.